The van der Waals surface area contributed by atoms with Gasteiger partial charge in [0, 0.05) is 64.3 Å². The summed E-state index contributed by atoms with van der Waals surface area (Å²) in [7, 11) is 5.10. The fourth-order valence-corrected chi connectivity index (χ4v) is 8.12. The number of rotatable bonds is 2. The quantitative estimate of drug-likeness (QED) is 0.225. The lowest BCUT2D eigenvalue weighted by atomic mass is 9.42. The summed E-state index contributed by atoms with van der Waals surface area (Å²) in [5.41, 5.74) is 0.687. The van der Waals surface area contributed by atoms with Crippen molar-refractivity contribution < 1.29 is 9.59 Å². The van der Waals surface area contributed by atoms with Crippen molar-refractivity contribution in [2.45, 2.75) is 22.9 Å². The summed E-state index contributed by atoms with van der Waals surface area (Å²) < 4.78 is 1.80. The molecule has 7 rings (SSSR count). The molecule has 1 aliphatic carbocycles. The number of carbonyl (C=O) groups excluding carboxylic acids is 2. The number of likely N-dealkylation sites (N-methyl/N-ethyl adjacent to an activating group) is 3. The largest absolute Gasteiger partial charge is 0.361 e. The number of aromatic amines is 2. The van der Waals surface area contributed by atoms with Gasteiger partial charge in [0.2, 0.25) is 5.96 Å². The molecular weight excluding hydrogens is 628 g/mol. The van der Waals surface area contributed by atoms with Crippen molar-refractivity contribution >= 4 is 77.4 Å². The molecule has 198 valence electrons. The standard InChI is InChI=1S/C27H24Br2N8O2/c1-35-23(39)27(37(3)25(35)31)20(16-10-32-18-8-12(28)4-6-14(16)18)26(22(38)34-24(30)36(26)2)21(27)17-11-33-19-9-13(29)5-7-15(17)19/h4-11,20-21,31-33H,1-3H3,(H2,30,34,38). The van der Waals surface area contributed by atoms with Crippen molar-refractivity contribution in [1.82, 2.24) is 30.0 Å². The third-order valence-electron chi connectivity index (χ3n) is 9.06. The molecule has 3 aliphatic rings. The Kier molecular flexibility index (Phi) is 4.83. The van der Waals surface area contributed by atoms with Crippen LogP contribution in [0, 0.1) is 10.8 Å². The van der Waals surface area contributed by atoms with Crippen LogP contribution in [-0.4, -0.2) is 80.6 Å². The Labute approximate surface area is 240 Å². The third kappa shape index (κ3) is 2.66. The highest BCUT2D eigenvalue weighted by Crippen LogP contribution is 2.70. The highest BCUT2D eigenvalue weighted by atomic mass is 79.9. The Morgan fingerprint density at radius 3 is 1.72 bits per heavy atom. The summed E-state index contributed by atoms with van der Waals surface area (Å²) in [5.74, 6) is -1.97. The van der Waals surface area contributed by atoms with E-state index in [1.54, 1.807) is 30.9 Å². The smallest absolute Gasteiger partial charge is 0.256 e. The van der Waals surface area contributed by atoms with Crippen molar-refractivity contribution in [3.05, 3.63) is 68.9 Å². The van der Waals surface area contributed by atoms with Gasteiger partial charge in [0.25, 0.3) is 11.8 Å². The number of amides is 2. The second-order valence-corrected chi connectivity index (χ2v) is 12.3. The van der Waals surface area contributed by atoms with Crippen LogP contribution < -0.4 is 5.32 Å². The van der Waals surface area contributed by atoms with Crippen LogP contribution in [0.3, 0.4) is 0 Å². The number of guanidine groups is 2. The fraction of sp³-hybridized carbons (Fsp3) is 0.259. The van der Waals surface area contributed by atoms with Crippen molar-refractivity contribution in [1.29, 1.82) is 10.8 Å². The second-order valence-electron chi connectivity index (χ2n) is 10.5. The maximum absolute atomic E-state index is 14.5. The molecule has 2 aromatic heterocycles. The first-order valence-corrected chi connectivity index (χ1v) is 13.9. The molecule has 5 N–H and O–H groups in total. The normalized spacial score (nSPS) is 28.6. The van der Waals surface area contributed by atoms with Gasteiger partial charge in [-0.3, -0.25) is 30.6 Å². The molecule has 2 unspecified atom stereocenters. The Hall–Kier alpha value is -3.64. The van der Waals surface area contributed by atoms with Crippen molar-refractivity contribution in [3.8, 4) is 0 Å². The number of benzene rings is 2. The monoisotopic (exact) mass is 650 g/mol. The molecule has 3 fully saturated rings. The van der Waals surface area contributed by atoms with E-state index in [1.165, 1.54) is 4.90 Å². The molecule has 4 aromatic rings. The molecule has 2 amide bonds. The number of nitrogens with zero attached hydrogens (tertiary/aromatic N) is 3. The lowest BCUT2D eigenvalue weighted by molar-refractivity contribution is -0.162. The van der Waals surface area contributed by atoms with Gasteiger partial charge in [-0.1, -0.05) is 44.0 Å². The number of carbonyl (C=O) groups is 2. The minimum Gasteiger partial charge on any atom is -0.361 e. The predicted octanol–water partition coefficient (Wildman–Crippen LogP) is 3.87. The van der Waals surface area contributed by atoms with E-state index in [2.05, 4.69) is 47.1 Å². The molecule has 10 nitrogen and oxygen atoms in total. The Balaban J connectivity index is 1.60. The predicted molar refractivity (Wildman–Crippen MR) is 155 cm³/mol. The van der Waals surface area contributed by atoms with Gasteiger partial charge in [-0.05, 0) is 35.4 Å². The number of nitrogens with one attached hydrogen (secondary N) is 5. The zero-order valence-electron chi connectivity index (χ0n) is 21.2. The Bertz CT molecular complexity index is 1700. The summed E-state index contributed by atoms with van der Waals surface area (Å²) in [4.78, 5) is 40.1. The SMILES string of the molecule is CN1C(=N)N(C)C2(C1=O)C(c1c[nH]c3cc(Br)ccc13)C1(C(=O)NC(=N)N1C)C2c1c[nH]c2cc(Br)ccc12. The number of fused-ring (bicyclic) bond motifs is 2. The van der Waals surface area contributed by atoms with Crippen LogP contribution in [0.15, 0.2) is 57.7 Å². The third-order valence-corrected chi connectivity index (χ3v) is 10.0. The van der Waals surface area contributed by atoms with Crippen LogP contribution in [0.25, 0.3) is 21.8 Å². The molecule has 4 heterocycles. The van der Waals surface area contributed by atoms with Crippen LogP contribution in [0.2, 0.25) is 0 Å². The van der Waals surface area contributed by atoms with E-state index in [4.69, 9.17) is 10.8 Å². The molecule has 2 saturated heterocycles. The molecule has 2 aromatic carbocycles. The molecule has 39 heavy (non-hydrogen) atoms. The average molecular weight is 652 g/mol. The minimum atomic E-state index is -1.31. The molecule has 12 heteroatoms. The van der Waals surface area contributed by atoms with Crippen molar-refractivity contribution in [2.24, 2.45) is 0 Å². The molecular formula is C27H24Br2N8O2. The van der Waals surface area contributed by atoms with Gasteiger partial charge in [-0.25, -0.2) is 0 Å². The topological polar surface area (TPSA) is 135 Å². The van der Waals surface area contributed by atoms with Crippen LogP contribution in [0.1, 0.15) is 23.0 Å². The van der Waals surface area contributed by atoms with E-state index in [0.29, 0.717) is 0 Å². The number of aromatic nitrogens is 2. The van der Waals surface area contributed by atoms with Crippen LogP contribution >= 0.6 is 31.9 Å². The first-order valence-electron chi connectivity index (χ1n) is 12.3. The summed E-state index contributed by atoms with van der Waals surface area (Å²) >= 11 is 7.06. The van der Waals surface area contributed by atoms with Gasteiger partial charge in [0.15, 0.2) is 5.96 Å². The number of hydrogen-bond donors (Lipinski definition) is 5. The number of hydrogen-bond acceptors (Lipinski definition) is 4. The van der Waals surface area contributed by atoms with E-state index in [0.717, 1.165) is 41.9 Å². The van der Waals surface area contributed by atoms with Gasteiger partial charge in [-0.2, -0.15) is 0 Å². The summed E-state index contributed by atoms with van der Waals surface area (Å²) in [5, 5.41) is 22.0. The van der Waals surface area contributed by atoms with E-state index >= 15 is 0 Å². The first-order chi connectivity index (χ1) is 18.6. The summed E-state index contributed by atoms with van der Waals surface area (Å²) in [6.45, 7) is 0. The van der Waals surface area contributed by atoms with Gasteiger partial charge >= 0.3 is 0 Å². The molecule has 2 atom stereocenters. The Morgan fingerprint density at radius 1 is 0.795 bits per heavy atom. The maximum atomic E-state index is 14.5. The molecule has 0 bridgehead atoms. The highest BCUT2D eigenvalue weighted by molar-refractivity contribution is 9.10. The lowest BCUT2D eigenvalue weighted by Gasteiger charge is -2.66. The summed E-state index contributed by atoms with van der Waals surface area (Å²) in [6, 6.07) is 11.7. The van der Waals surface area contributed by atoms with Crippen LogP contribution in [0.4, 0.5) is 0 Å². The number of H-pyrrole nitrogens is 2. The zero-order valence-corrected chi connectivity index (χ0v) is 24.4. The van der Waals surface area contributed by atoms with Crippen LogP contribution in [-0.2, 0) is 9.59 Å². The maximum Gasteiger partial charge on any atom is 0.256 e. The second kappa shape index (κ2) is 7.72. The van der Waals surface area contributed by atoms with Gasteiger partial charge < -0.3 is 19.8 Å². The molecule has 1 saturated carbocycles. The fourth-order valence-electron chi connectivity index (χ4n) is 7.40. The zero-order chi connectivity index (χ0) is 27.6. The summed E-state index contributed by atoms with van der Waals surface area (Å²) in [6.07, 6.45) is 3.72. The van der Waals surface area contributed by atoms with E-state index < -0.39 is 22.9 Å². The first kappa shape index (κ1) is 24.4. The van der Waals surface area contributed by atoms with Gasteiger partial charge in [-0.15, -0.1) is 0 Å². The highest BCUT2D eigenvalue weighted by Gasteiger charge is 2.85. The minimum absolute atomic E-state index is 0.0217. The number of halogens is 2. The van der Waals surface area contributed by atoms with Crippen molar-refractivity contribution in [2.75, 3.05) is 21.1 Å². The van der Waals surface area contributed by atoms with Gasteiger partial charge in [0.05, 0.1) is 11.8 Å². The van der Waals surface area contributed by atoms with E-state index in [-0.39, 0.29) is 23.7 Å². The van der Waals surface area contributed by atoms with Crippen molar-refractivity contribution in [3.63, 3.8) is 0 Å². The van der Waals surface area contributed by atoms with E-state index in [9.17, 15) is 9.59 Å². The molecule has 2 spiro atoms. The Morgan fingerprint density at radius 2 is 1.31 bits per heavy atom. The van der Waals surface area contributed by atoms with Crippen LogP contribution in [0.5, 0.6) is 0 Å². The molecule has 0 radical (unpaired) electrons. The molecule has 2 aliphatic heterocycles. The van der Waals surface area contributed by atoms with Gasteiger partial charge in [0.1, 0.15) is 11.1 Å². The average Bonchev–Trinajstić information content (AvgIpc) is 3.59. The van der Waals surface area contributed by atoms with E-state index in [1.807, 2.05) is 48.8 Å². The lowest BCUT2D eigenvalue weighted by Crippen LogP contribution is -2.82.